The Morgan fingerprint density at radius 2 is 0.361 bits per heavy atom. The van der Waals surface area contributed by atoms with E-state index < -0.39 is 15.8 Å². The minimum atomic E-state index is -0.661. The van der Waals surface area contributed by atoms with Crippen LogP contribution in [0.3, 0.4) is 0 Å². The molecule has 336 valence electrons. The van der Waals surface area contributed by atoms with Gasteiger partial charge in [0.15, 0.2) is 0 Å². The summed E-state index contributed by atoms with van der Waals surface area (Å²) < 4.78 is 0. The van der Waals surface area contributed by atoms with Crippen molar-refractivity contribution in [1.29, 1.82) is 0 Å². The maximum Gasteiger partial charge on any atom is -0.0132 e. The minimum absolute atomic E-state index is 0.0564. The van der Waals surface area contributed by atoms with E-state index in [9.17, 15) is 0 Å². The van der Waals surface area contributed by atoms with E-state index in [0.29, 0.717) is 0 Å². The third kappa shape index (κ3) is 13.4. The van der Waals surface area contributed by atoms with Gasteiger partial charge in [-0.15, -0.1) is 0 Å². The Labute approximate surface area is 380 Å². The minimum Gasteiger partial charge on any atom is -0.0561 e. The summed E-state index contributed by atoms with van der Waals surface area (Å²) in [4.78, 5) is 0. The quantitative estimate of drug-likeness (QED) is 0.155. The SMILES string of the molecule is CC(C)(C)c1cc(P(CCCP(c2cc(C(C)(C)C)cc(C(C)(C)C)c2)c2cc(C(C)(C)C)cc(C(C)(C)C)c2)c2cc(C(C)(C)C)cc(C(C)(C)C)c2)cc(C(C)(C)C)c1. The van der Waals surface area contributed by atoms with Gasteiger partial charge in [-0.25, -0.2) is 0 Å². The summed E-state index contributed by atoms with van der Waals surface area (Å²) in [6, 6.07) is 30.9. The average Bonchev–Trinajstić information content (AvgIpc) is 3.08. The Balaban J connectivity index is 2.05. The van der Waals surface area contributed by atoms with Crippen LogP contribution in [0.4, 0.5) is 0 Å². The number of hydrogen-bond donors (Lipinski definition) is 0. The lowest BCUT2D eigenvalue weighted by Crippen LogP contribution is -2.26. The first-order chi connectivity index (χ1) is 27.3. The Bertz CT molecular complexity index is 1700. The predicted octanol–water partition coefficient (Wildman–Crippen LogP) is 16.0. The standard InChI is InChI=1S/C59H90P2/c1-52(2,3)40-28-41(53(4,5)6)33-48(32-40)60(49-34-42(54(7,8)9)29-43(35-49)55(10,11)12)26-25-27-61(50-36-44(56(13,14)15)30-45(37-50)57(16,17)18)51-38-46(58(19,20)21)31-47(39-51)59(22,23)24/h28-39H,25-27H2,1-24H3. The molecule has 0 radical (unpaired) electrons. The highest BCUT2D eigenvalue weighted by molar-refractivity contribution is 7.74. The molecule has 0 aliphatic carbocycles. The maximum absolute atomic E-state index is 2.61. The highest BCUT2D eigenvalue weighted by Crippen LogP contribution is 2.45. The second kappa shape index (κ2) is 17.6. The zero-order chi connectivity index (χ0) is 46.7. The molecule has 0 aromatic heterocycles. The molecular formula is C59H90P2. The van der Waals surface area contributed by atoms with E-state index in [2.05, 4.69) is 239 Å². The normalized spacial score (nSPS) is 14.1. The van der Waals surface area contributed by atoms with Crippen LogP contribution in [-0.4, -0.2) is 12.3 Å². The van der Waals surface area contributed by atoms with Crippen LogP contribution in [0.1, 0.15) is 217 Å². The zero-order valence-electron chi connectivity index (χ0n) is 43.9. The fourth-order valence-corrected chi connectivity index (χ4v) is 12.9. The molecule has 0 atom stereocenters. The molecule has 2 heteroatoms. The van der Waals surface area contributed by atoms with Crippen LogP contribution in [0.15, 0.2) is 72.8 Å². The predicted molar refractivity (Wildman–Crippen MR) is 282 cm³/mol. The van der Waals surface area contributed by atoms with E-state index >= 15 is 0 Å². The molecule has 0 bridgehead atoms. The first-order valence-corrected chi connectivity index (χ1v) is 26.5. The van der Waals surface area contributed by atoms with E-state index in [1.54, 1.807) is 0 Å². The maximum atomic E-state index is 2.61. The molecule has 0 saturated heterocycles. The summed E-state index contributed by atoms with van der Waals surface area (Å²) in [5.74, 6) is 0. The topological polar surface area (TPSA) is 0 Å². The van der Waals surface area contributed by atoms with Crippen LogP contribution in [0.25, 0.3) is 0 Å². The molecule has 4 aromatic rings. The molecule has 0 saturated carbocycles. The zero-order valence-corrected chi connectivity index (χ0v) is 45.7. The Hall–Kier alpha value is -2.26. The molecule has 0 amide bonds. The molecule has 0 unspecified atom stereocenters. The van der Waals surface area contributed by atoms with Crippen molar-refractivity contribution in [3.63, 3.8) is 0 Å². The van der Waals surface area contributed by atoms with Crippen molar-refractivity contribution in [2.75, 3.05) is 12.3 Å². The van der Waals surface area contributed by atoms with Crippen LogP contribution < -0.4 is 21.2 Å². The van der Waals surface area contributed by atoms with Gasteiger partial charge >= 0.3 is 0 Å². The van der Waals surface area contributed by atoms with E-state index in [1.807, 2.05) is 0 Å². The van der Waals surface area contributed by atoms with Crippen LogP contribution in [0.2, 0.25) is 0 Å². The average molecular weight is 861 g/mol. The van der Waals surface area contributed by atoms with Gasteiger partial charge in [0, 0.05) is 0 Å². The molecule has 4 aromatic carbocycles. The second-order valence-corrected chi connectivity index (χ2v) is 31.4. The van der Waals surface area contributed by atoms with Gasteiger partial charge in [0.05, 0.1) is 0 Å². The molecule has 0 spiro atoms. The molecule has 0 heterocycles. The van der Waals surface area contributed by atoms with E-state index in [1.165, 1.54) is 84.5 Å². The summed E-state index contributed by atoms with van der Waals surface area (Å²) in [6.45, 7) is 57.4. The highest BCUT2D eigenvalue weighted by atomic mass is 31.1. The molecule has 4 rings (SSSR count). The van der Waals surface area contributed by atoms with Gasteiger partial charge in [-0.05, 0) is 144 Å². The lowest BCUT2D eigenvalue weighted by Gasteiger charge is -2.32. The lowest BCUT2D eigenvalue weighted by molar-refractivity contribution is 0.568. The van der Waals surface area contributed by atoms with Crippen molar-refractivity contribution in [2.24, 2.45) is 0 Å². The fraction of sp³-hybridized carbons (Fsp3) is 0.593. The fourth-order valence-electron chi connectivity index (χ4n) is 7.73. The van der Waals surface area contributed by atoms with E-state index in [4.69, 9.17) is 0 Å². The van der Waals surface area contributed by atoms with Gasteiger partial charge in [-0.3, -0.25) is 0 Å². The largest absolute Gasteiger partial charge is 0.0561 e. The number of rotatable bonds is 8. The first-order valence-electron chi connectivity index (χ1n) is 23.5. The Morgan fingerprint density at radius 1 is 0.230 bits per heavy atom. The van der Waals surface area contributed by atoms with Crippen LogP contribution in [0.5, 0.6) is 0 Å². The molecule has 61 heavy (non-hydrogen) atoms. The van der Waals surface area contributed by atoms with Crippen LogP contribution in [0, 0.1) is 0 Å². The van der Waals surface area contributed by atoms with Gasteiger partial charge in [0.1, 0.15) is 0 Å². The summed E-state index contributed by atoms with van der Waals surface area (Å²) in [5, 5.41) is 6.16. The van der Waals surface area contributed by atoms with Gasteiger partial charge in [-0.2, -0.15) is 0 Å². The van der Waals surface area contributed by atoms with E-state index in [-0.39, 0.29) is 43.3 Å². The lowest BCUT2D eigenvalue weighted by atomic mass is 9.81. The second-order valence-electron chi connectivity index (χ2n) is 26.7. The smallest absolute Gasteiger partial charge is 0.0132 e. The van der Waals surface area contributed by atoms with Crippen molar-refractivity contribution in [2.45, 2.75) is 216 Å². The molecule has 0 fully saturated rings. The Morgan fingerprint density at radius 3 is 0.475 bits per heavy atom. The Kier molecular flexibility index (Phi) is 14.8. The van der Waals surface area contributed by atoms with E-state index in [0.717, 1.165) is 0 Å². The third-order valence-electron chi connectivity index (χ3n) is 12.6. The highest BCUT2D eigenvalue weighted by Gasteiger charge is 2.30. The molecule has 0 nitrogen and oxygen atoms in total. The van der Waals surface area contributed by atoms with Crippen molar-refractivity contribution in [1.82, 2.24) is 0 Å². The summed E-state index contributed by atoms with van der Waals surface area (Å²) >= 11 is 0. The van der Waals surface area contributed by atoms with Crippen molar-refractivity contribution in [3.8, 4) is 0 Å². The number of hydrogen-bond acceptors (Lipinski definition) is 0. The summed E-state index contributed by atoms with van der Waals surface area (Å²) in [6.07, 6.45) is 3.50. The van der Waals surface area contributed by atoms with Gasteiger partial charge in [0.25, 0.3) is 0 Å². The third-order valence-corrected chi connectivity index (χ3v) is 17.7. The van der Waals surface area contributed by atoms with Crippen molar-refractivity contribution >= 4 is 37.1 Å². The van der Waals surface area contributed by atoms with Crippen molar-refractivity contribution < 1.29 is 0 Å². The molecule has 0 aliphatic rings. The van der Waals surface area contributed by atoms with Gasteiger partial charge in [-0.1, -0.05) is 239 Å². The summed E-state index contributed by atoms with van der Waals surface area (Å²) in [5.41, 5.74) is 12.1. The van der Waals surface area contributed by atoms with Crippen LogP contribution >= 0.6 is 15.8 Å². The van der Waals surface area contributed by atoms with Crippen LogP contribution in [-0.2, 0) is 43.3 Å². The monoisotopic (exact) mass is 861 g/mol. The number of benzene rings is 4. The van der Waals surface area contributed by atoms with Crippen molar-refractivity contribution in [3.05, 3.63) is 117 Å². The molecule has 0 aliphatic heterocycles. The summed E-state index contributed by atoms with van der Waals surface area (Å²) in [7, 11) is -1.32. The molecular weight excluding hydrogens is 771 g/mol. The van der Waals surface area contributed by atoms with Gasteiger partial charge < -0.3 is 0 Å². The molecule has 0 N–H and O–H groups in total. The van der Waals surface area contributed by atoms with Gasteiger partial charge in [0.2, 0.25) is 0 Å². The first kappa shape index (κ1) is 51.4.